The first-order valence-corrected chi connectivity index (χ1v) is 12.9. The van der Waals surface area contributed by atoms with Gasteiger partial charge in [-0.15, -0.1) is 0 Å². The minimum atomic E-state index is -0.914. The van der Waals surface area contributed by atoms with E-state index in [-0.39, 0.29) is 13.0 Å². The monoisotopic (exact) mass is 513 g/mol. The highest BCUT2D eigenvalue weighted by Gasteiger charge is 2.26. The molecule has 196 valence electrons. The van der Waals surface area contributed by atoms with E-state index >= 15 is 0 Å². The summed E-state index contributed by atoms with van der Waals surface area (Å²) >= 11 is 0. The zero-order chi connectivity index (χ0) is 26.6. The third kappa shape index (κ3) is 5.52. The van der Waals surface area contributed by atoms with E-state index in [4.69, 9.17) is 14.2 Å². The summed E-state index contributed by atoms with van der Waals surface area (Å²) in [7, 11) is 1.62. The topological polar surface area (TPSA) is 87.0 Å². The first-order valence-electron chi connectivity index (χ1n) is 12.9. The van der Waals surface area contributed by atoms with Crippen LogP contribution in [0.2, 0.25) is 0 Å². The summed E-state index contributed by atoms with van der Waals surface area (Å²) in [6.07, 6.45) is 2.27. The van der Waals surface area contributed by atoms with E-state index in [1.165, 1.54) is 12.8 Å². The molecule has 0 saturated heterocycles. The molecule has 1 aliphatic carbocycles. The van der Waals surface area contributed by atoms with E-state index in [1.807, 2.05) is 65.2 Å². The predicted octanol–water partition coefficient (Wildman–Crippen LogP) is 5.96. The first kappa shape index (κ1) is 25.4. The van der Waals surface area contributed by atoms with Crippen LogP contribution in [0.3, 0.4) is 0 Å². The van der Waals surface area contributed by atoms with E-state index in [2.05, 4.69) is 0 Å². The van der Waals surface area contributed by atoms with Crippen molar-refractivity contribution >= 4 is 22.8 Å². The van der Waals surface area contributed by atoms with Crippen LogP contribution in [-0.4, -0.2) is 41.9 Å². The Morgan fingerprint density at radius 1 is 0.974 bits per heavy atom. The molecule has 1 aliphatic rings. The fourth-order valence-corrected chi connectivity index (χ4v) is 4.75. The van der Waals surface area contributed by atoms with Gasteiger partial charge in [0.1, 0.15) is 17.2 Å². The van der Waals surface area contributed by atoms with Crippen LogP contribution in [0, 0.1) is 5.92 Å². The number of aromatic nitrogens is 1. The summed E-state index contributed by atoms with van der Waals surface area (Å²) in [6.45, 7) is 3.09. The van der Waals surface area contributed by atoms with Crippen molar-refractivity contribution in [2.24, 2.45) is 5.92 Å². The third-order valence-electron chi connectivity index (χ3n) is 6.73. The fourth-order valence-electron chi connectivity index (χ4n) is 4.75. The predicted molar refractivity (Wildman–Crippen MR) is 145 cm³/mol. The number of hydrogen-bond acceptors (Lipinski definition) is 5. The number of carboxylic acids is 1. The molecule has 5 rings (SSSR count). The molecule has 1 saturated carbocycles. The van der Waals surface area contributed by atoms with Gasteiger partial charge in [-0.05, 0) is 78.8 Å². The Bertz CT molecular complexity index is 1480. The maximum absolute atomic E-state index is 13.5. The molecular formula is C31H31NO6. The Morgan fingerprint density at radius 3 is 2.50 bits per heavy atom. The molecule has 0 aliphatic heterocycles. The molecule has 0 atom stereocenters. The van der Waals surface area contributed by atoms with Crippen molar-refractivity contribution in [2.75, 3.05) is 20.3 Å². The lowest BCUT2D eigenvalue weighted by atomic mass is 9.99. The number of hydrogen-bond donors (Lipinski definition) is 1. The van der Waals surface area contributed by atoms with Crippen molar-refractivity contribution in [1.29, 1.82) is 0 Å². The van der Waals surface area contributed by atoms with Crippen molar-refractivity contribution in [1.82, 2.24) is 4.57 Å². The molecule has 1 N–H and O–H groups in total. The summed E-state index contributed by atoms with van der Waals surface area (Å²) in [5.74, 6) is 0.714. The Labute approximate surface area is 221 Å². The number of fused-ring (bicyclic) bond motifs is 1. The van der Waals surface area contributed by atoms with Gasteiger partial charge in [-0.1, -0.05) is 30.3 Å². The van der Waals surface area contributed by atoms with E-state index < -0.39 is 11.9 Å². The summed E-state index contributed by atoms with van der Waals surface area (Å²) in [5, 5.41) is 10.2. The highest BCUT2D eigenvalue weighted by Crippen LogP contribution is 2.39. The van der Waals surface area contributed by atoms with Gasteiger partial charge in [0, 0.05) is 23.0 Å². The summed E-state index contributed by atoms with van der Waals surface area (Å²) < 4.78 is 18.9. The molecule has 0 radical (unpaired) electrons. The minimum Gasteiger partial charge on any atom is -0.497 e. The van der Waals surface area contributed by atoms with Crippen molar-refractivity contribution in [2.45, 2.75) is 32.7 Å². The number of rotatable bonds is 11. The number of methoxy groups -OCH3 is 1. The van der Waals surface area contributed by atoms with Gasteiger partial charge in [-0.2, -0.15) is 0 Å². The van der Waals surface area contributed by atoms with Crippen molar-refractivity contribution < 1.29 is 28.9 Å². The maximum atomic E-state index is 13.5. The van der Waals surface area contributed by atoms with Gasteiger partial charge in [-0.25, -0.2) is 4.79 Å². The zero-order valence-corrected chi connectivity index (χ0v) is 21.6. The lowest BCUT2D eigenvalue weighted by Gasteiger charge is -2.13. The zero-order valence-electron chi connectivity index (χ0n) is 21.6. The second kappa shape index (κ2) is 11.0. The van der Waals surface area contributed by atoms with Crippen molar-refractivity contribution in [3.05, 3.63) is 83.6 Å². The Hall–Kier alpha value is -4.26. The molecule has 0 unspecified atom stereocenters. The Kier molecular flexibility index (Phi) is 7.36. The van der Waals surface area contributed by atoms with Gasteiger partial charge in [0.25, 0.3) is 0 Å². The number of nitrogens with zero attached hydrogens (tertiary/aromatic N) is 1. The maximum Gasteiger partial charge on any atom is 0.355 e. The molecule has 0 bridgehead atoms. The van der Waals surface area contributed by atoms with Gasteiger partial charge in [-0.3, -0.25) is 4.79 Å². The molecular weight excluding hydrogens is 482 g/mol. The van der Waals surface area contributed by atoms with Crippen LogP contribution in [0.25, 0.3) is 22.0 Å². The molecule has 0 amide bonds. The molecule has 7 heteroatoms. The SMILES string of the molecule is CCOC(=O)c1c(-c2cccc(OCC3CC3)c2)c2cc(CC(=O)O)ccc2n1Cc1cccc(OC)c1. The first-order chi connectivity index (χ1) is 18.5. The minimum absolute atomic E-state index is 0.115. The van der Waals surface area contributed by atoms with Gasteiger partial charge >= 0.3 is 11.9 Å². The number of carboxylic acid groups (broad SMARTS) is 1. The van der Waals surface area contributed by atoms with Crippen LogP contribution < -0.4 is 9.47 Å². The largest absolute Gasteiger partial charge is 0.497 e. The van der Waals surface area contributed by atoms with Gasteiger partial charge < -0.3 is 23.9 Å². The molecule has 0 spiro atoms. The van der Waals surface area contributed by atoms with Gasteiger partial charge in [0.15, 0.2) is 0 Å². The number of aliphatic carboxylic acids is 1. The second-order valence-corrected chi connectivity index (χ2v) is 9.59. The standard InChI is InChI=1S/C31H31NO6/c1-3-37-31(35)30-29(23-7-5-9-25(17-23)38-19-20-10-11-20)26-15-21(16-28(33)34)12-13-27(26)32(30)18-22-6-4-8-24(14-22)36-2/h4-9,12-15,17,20H,3,10-11,16,18-19H2,1-2H3,(H,33,34). The smallest absolute Gasteiger partial charge is 0.355 e. The normalized spacial score (nSPS) is 12.9. The third-order valence-corrected chi connectivity index (χ3v) is 6.73. The number of ether oxygens (including phenoxy) is 3. The number of esters is 1. The van der Waals surface area contributed by atoms with Crippen molar-refractivity contribution in [3.8, 4) is 22.6 Å². The van der Waals surface area contributed by atoms with Crippen LogP contribution in [0.5, 0.6) is 11.5 Å². The summed E-state index contributed by atoms with van der Waals surface area (Å²) in [5.41, 5.74) is 4.34. The second-order valence-electron chi connectivity index (χ2n) is 9.59. The van der Waals surface area contributed by atoms with Crippen molar-refractivity contribution in [3.63, 3.8) is 0 Å². The van der Waals surface area contributed by atoms with Crippen LogP contribution in [0.15, 0.2) is 66.7 Å². The molecule has 38 heavy (non-hydrogen) atoms. The van der Waals surface area contributed by atoms with Gasteiger partial charge in [0.05, 0.1) is 26.7 Å². The highest BCUT2D eigenvalue weighted by atomic mass is 16.5. The van der Waals surface area contributed by atoms with Crippen LogP contribution in [0.4, 0.5) is 0 Å². The molecule has 1 aromatic heterocycles. The van der Waals surface area contributed by atoms with Crippen LogP contribution in [-0.2, 0) is 22.5 Å². The summed E-state index contributed by atoms with van der Waals surface area (Å²) in [4.78, 5) is 25.0. The number of carbonyl (C=O) groups is 2. The molecule has 1 fully saturated rings. The van der Waals surface area contributed by atoms with Crippen LogP contribution >= 0.6 is 0 Å². The van der Waals surface area contributed by atoms with E-state index in [1.54, 1.807) is 20.1 Å². The highest BCUT2D eigenvalue weighted by molar-refractivity contribution is 6.09. The Morgan fingerprint density at radius 2 is 1.76 bits per heavy atom. The Balaban J connectivity index is 1.71. The lowest BCUT2D eigenvalue weighted by Crippen LogP contribution is -2.14. The molecule has 7 nitrogen and oxygen atoms in total. The number of benzene rings is 3. The lowest BCUT2D eigenvalue weighted by molar-refractivity contribution is -0.136. The van der Waals surface area contributed by atoms with E-state index in [0.29, 0.717) is 35.9 Å². The quantitative estimate of drug-likeness (QED) is 0.249. The average Bonchev–Trinajstić information content (AvgIpc) is 3.69. The van der Waals surface area contributed by atoms with Crippen LogP contribution in [0.1, 0.15) is 41.4 Å². The molecule has 4 aromatic rings. The fraction of sp³-hybridized carbons (Fsp3) is 0.290. The summed E-state index contributed by atoms with van der Waals surface area (Å²) in [6, 6.07) is 21.0. The average molecular weight is 514 g/mol. The molecule has 1 heterocycles. The van der Waals surface area contributed by atoms with E-state index in [9.17, 15) is 14.7 Å². The number of carbonyl (C=O) groups excluding carboxylic acids is 1. The van der Waals surface area contributed by atoms with E-state index in [0.717, 1.165) is 33.5 Å². The molecule has 3 aromatic carbocycles. The van der Waals surface area contributed by atoms with Gasteiger partial charge in [0.2, 0.25) is 0 Å².